The van der Waals surface area contributed by atoms with Gasteiger partial charge < -0.3 is 19.7 Å². The van der Waals surface area contributed by atoms with Gasteiger partial charge >= 0.3 is 0 Å². The van der Waals surface area contributed by atoms with Gasteiger partial charge in [-0.2, -0.15) is 0 Å². The van der Waals surface area contributed by atoms with Crippen LogP contribution in [0.4, 0.5) is 0 Å². The predicted molar refractivity (Wildman–Crippen MR) is 109 cm³/mol. The molecule has 1 aromatic rings. The Balaban J connectivity index is 1.36. The Morgan fingerprint density at radius 2 is 1.97 bits per heavy atom. The summed E-state index contributed by atoms with van der Waals surface area (Å²) in [6.07, 6.45) is 1.87. The van der Waals surface area contributed by atoms with Crippen LogP contribution in [0.1, 0.15) is 36.5 Å². The lowest BCUT2D eigenvalue weighted by atomic mass is 9.61. The number of nitrogens with zero attached hydrogens (tertiary/aromatic N) is 1. The largest absolute Gasteiger partial charge is 0.491 e. The van der Waals surface area contributed by atoms with Crippen LogP contribution in [0.2, 0.25) is 0 Å². The first-order valence-electron chi connectivity index (χ1n) is 10.5. The van der Waals surface area contributed by atoms with Crippen molar-refractivity contribution < 1.29 is 19.1 Å². The molecule has 1 aromatic carbocycles. The Morgan fingerprint density at radius 3 is 2.76 bits per heavy atom. The number of piperidine rings is 1. The fourth-order valence-corrected chi connectivity index (χ4v) is 4.74. The van der Waals surface area contributed by atoms with E-state index in [2.05, 4.69) is 37.4 Å². The lowest BCUT2D eigenvalue weighted by molar-refractivity contribution is -0.146. The Kier molecular flexibility index (Phi) is 5.52. The number of carbonyl (C=O) groups is 2. The lowest BCUT2D eigenvalue weighted by Crippen LogP contribution is -2.56. The average Bonchev–Trinajstić information content (AvgIpc) is 2.69. The number of ether oxygens (including phenoxy) is 2. The molecule has 4 rings (SSSR count). The van der Waals surface area contributed by atoms with Crippen LogP contribution in [0.15, 0.2) is 29.7 Å². The van der Waals surface area contributed by atoms with Crippen LogP contribution in [-0.2, 0) is 25.6 Å². The number of amides is 2. The van der Waals surface area contributed by atoms with E-state index in [-0.39, 0.29) is 23.7 Å². The van der Waals surface area contributed by atoms with Gasteiger partial charge in [-0.1, -0.05) is 23.8 Å². The second kappa shape index (κ2) is 8.09. The van der Waals surface area contributed by atoms with Crippen molar-refractivity contribution in [3.63, 3.8) is 0 Å². The van der Waals surface area contributed by atoms with Crippen molar-refractivity contribution in [2.45, 2.75) is 40.2 Å². The molecule has 2 amide bonds. The predicted octanol–water partition coefficient (Wildman–Crippen LogP) is 2.68. The van der Waals surface area contributed by atoms with E-state index in [4.69, 9.17) is 9.47 Å². The number of rotatable bonds is 4. The molecule has 3 atom stereocenters. The molecule has 1 aliphatic carbocycles. The number of allylic oxidation sites excluding steroid dienone is 1. The summed E-state index contributed by atoms with van der Waals surface area (Å²) in [7, 11) is 0. The molecule has 29 heavy (non-hydrogen) atoms. The monoisotopic (exact) mass is 398 g/mol. The maximum Gasteiger partial charge on any atom is 0.292 e. The molecule has 0 radical (unpaired) electrons. The van der Waals surface area contributed by atoms with E-state index < -0.39 is 0 Å². The normalized spacial score (nSPS) is 26.0. The quantitative estimate of drug-likeness (QED) is 0.847. The van der Waals surface area contributed by atoms with Crippen LogP contribution in [0.25, 0.3) is 0 Å². The molecule has 1 N–H and O–H groups in total. The molecule has 0 aromatic heterocycles. The molecule has 0 unspecified atom stereocenters. The van der Waals surface area contributed by atoms with Crippen LogP contribution >= 0.6 is 0 Å². The molecular weight excluding hydrogens is 368 g/mol. The molecule has 1 saturated carbocycles. The van der Waals surface area contributed by atoms with Crippen molar-refractivity contribution in [3.05, 3.63) is 46.4 Å². The Labute approximate surface area is 172 Å². The summed E-state index contributed by atoms with van der Waals surface area (Å²) in [5, 5.41) is 3.12. The smallest absolute Gasteiger partial charge is 0.292 e. The first-order valence-corrected chi connectivity index (χ1v) is 10.5. The standard InChI is InChI=1S/C23H30N2O4/c1-14-4-5-15(2)18(10-14)12-24-22(26)19-11-17-6-7-25(13-20(17)19)23(27)21-16(3)28-8-9-29-21/h4-5,10,17,19-20H,6-9,11-13H2,1-3H3,(H,24,26)/t17-,19-,20-/m1/s1. The van der Waals surface area contributed by atoms with Gasteiger partial charge in [0.05, 0.1) is 0 Å². The lowest BCUT2D eigenvalue weighted by Gasteiger charge is -2.50. The van der Waals surface area contributed by atoms with Gasteiger partial charge in [0.1, 0.15) is 19.0 Å². The van der Waals surface area contributed by atoms with Crippen molar-refractivity contribution in [1.82, 2.24) is 10.2 Å². The molecule has 156 valence electrons. The van der Waals surface area contributed by atoms with E-state index in [1.54, 1.807) is 6.92 Å². The van der Waals surface area contributed by atoms with E-state index in [1.165, 1.54) is 11.1 Å². The van der Waals surface area contributed by atoms with Crippen LogP contribution in [0, 0.1) is 31.6 Å². The minimum atomic E-state index is -0.109. The topological polar surface area (TPSA) is 67.9 Å². The second-order valence-electron chi connectivity index (χ2n) is 8.54. The van der Waals surface area contributed by atoms with Crippen molar-refractivity contribution in [2.24, 2.45) is 17.8 Å². The summed E-state index contributed by atoms with van der Waals surface area (Å²) in [5.41, 5.74) is 3.55. The molecular formula is C23H30N2O4. The van der Waals surface area contributed by atoms with Gasteiger partial charge in [0, 0.05) is 25.6 Å². The van der Waals surface area contributed by atoms with Crippen LogP contribution in [0.5, 0.6) is 0 Å². The summed E-state index contributed by atoms with van der Waals surface area (Å²) in [6.45, 7) is 8.68. The van der Waals surface area contributed by atoms with Crippen LogP contribution in [-0.4, -0.2) is 43.0 Å². The molecule has 1 saturated heterocycles. The van der Waals surface area contributed by atoms with Gasteiger partial charge in [-0.25, -0.2) is 0 Å². The maximum absolute atomic E-state index is 12.9. The summed E-state index contributed by atoms with van der Waals surface area (Å²) < 4.78 is 11.0. The number of carbonyl (C=O) groups excluding carboxylic acids is 2. The molecule has 3 aliphatic rings. The molecule has 6 nitrogen and oxygen atoms in total. The van der Waals surface area contributed by atoms with Crippen molar-refractivity contribution >= 4 is 11.8 Å². The van der Waals surface area contributed by atoms with Crippen molar-refractivity contribution in [3.8, 4) is 0 Å². The first-order chi connectivity index (χ1) is 13.9. The van der Waals surface area contributed by atoms with Gasteiger partial charge in [-0.15, -0.1) is 0 Å². The number of benzene rings is 1. The maximum atomic E-state index is 12.9. The fraction of sp³-hybridized carbons (Fsp3) is 0.565. The van der Waals surface area contributed by atoms with E-state index in [9.17, 15) is 9.59 Å². The highest BCUT2D eigenvalue weighted by molar-refractivity contribution is 5.92. The third kappa shape index (κ3) is 3.98. The summed E-state index contributed by atoms with van der Waals surface area (Å²) in [6, 6.07) is 6.31. The van der Waals surface area contributed by atoms with Crippen LogP contribution in [0.3, 0.4) is 0 Å². The number of likely N-dealkylation sites (tertiary alicyclic amines) is 1. The summed E-state index contributed by atoms with van der Waals surface area (Å²) in [5.74, 6) is 1.63. The minimum absolute atomic E-state index is 0.0145. The summed E-state index contributed by atoms with van der Waals surface area (Å²) in [4.78, 5) is 27.5. The molecule has 0 spiro atoms. The third-order valence-corrected chi connectivity index (χ3v) is 6.62. The number of aryl methyl sites for hydroxylation is 2. The Morgan fingerprint density at radius 1 is 1.17 bits per heavy atom. The molecule has 2 fully saturated rings. The van der Waals surface area contributed by atoms with E-state index in [1.807, 2.05) is 4.90 Å². The number of fused-ring (bicyclic) bond motifs is 1. The highest BCUT2D eigenvalue weighted by Crippen LogP contribution is 2.46. The first kappa shape index (κ1) is 19.8. The SMILES string of the molecule is CC1=C(C(=O)N2CC[C@@H]3C[C@@H](C(=O)NCc4cc(C)ccc4C)[C@@H]3C2)OCCO1. The zero-order valence-corrected chi connectivity index (χ0v) is 17.5. The van der Waals surface area contributed by atoms with Gasteiger partial charge in [0.15, 0.2) is 0 Å². The van der Waals surface area contributed by atoms with E-state index >= 15 is 0 Å². The summed E-state index contributed by atoms with van der Waals surface area (Å²) >= 11 is 0. The number of hydrogen-bond donors (Lipinski definition) is 1. The van der Waals surface area contributed by atoms with Gasteiger partial charge in [0.2, 0.25) is 11.7 Å². The van der Waals surface area contributed by atoms with Crippen LogP contribution < -0.4 is 5.32 Å². The highest BCUT2D eigenvalue weighted by Gasteiger charge is 2.48. The van der Waals surface area contributed by atoms with Gasteiger partial charge in [-0.3, -0.25) is 9.59 Å². The van der Waals surface area contributed by atoms with Crippen molar-refractivity contribution in [2.75, 3.05) is 26.3 Å². The molecule has 2 aliphatic heterocycles. The Bertz CT molecular complexity index is 847. The minimum Gasteiger partial charge on any atom is -0.491 e. The second-order valence-corrected chi connectivity index (χ2v) is 8.54. The molecule has 6 heteroatoms. The van der Waals surface area contributed by atoms with E-state index in [0.29, 0.717) is 43.7 Å². The number of hydrogen-bond acceptors (Lipinski definition) is 4. The van der Waals surface area contributed by atoms with Crippen molar-refractivity contribution in [1.29, 1.82) is 0 Å². The molecule has 2 heterocycles. The van der Waals surface area contributed by atoms with E-state index in [0.717, 1.165) is 24.9 Å². The van der Waals surface area contributed by atoms with Gasteiger partial charge in [0.25, 0.3) is 5.91 Å². The third-order valence-electron chi connectivity index (χ3n) is 6.62. The highest BCUT2D eigenvalue weighted by atomic mass is 16.6. The Hall–Kier alpha value is -2.50. The average molecular weight is 399 g/mol. The zero-order valence-electron chi connectivity index (χ0n) is 17.5. The fourth-order valence-electron chi connectivity index (χ4n) is 4.74. The van der Waals surface area contributed by atoms with Gasteiger partial charge in [-0.05, 0) is 56.6 Å². The molecule has 0 bridgehead atoms. The number of nitrogens with one attached hydrogen (secondary N) is 1. The zero-order chi connectivity index (χ0) is 20.5.